The first-order valence-corrected chi connectivity index (χ1v) is 14.5. The Balaban J connectivity index is 1.40. The van der Waals surface area contributed by atoms with Crippen LogP contribution in [-0.2, 0) is 10.0 Å². The Bertz CT molecular complexity index is 1490. The summed E-state index contributed by atoms with van der Waals surface area (Å²) >= 11 is 6.14. The van der Waals surface area contributed by atoms with Crippen molar-refractivity contribution in [1.29, 1.82) is 0 Å². The number of rotatable bonds is 7. The van der Waals surface area contributed by atoms with Crippen molar-refractivity contribution in [2.75, 3.05) is 31.1 Å². The molecule has 2 aliphatic rings. The number of halogens is 1. The first-order valence-electron chi connectivity index (χ1n) is 12.6. The number of carbonyl (C=O) groups excluding carboxylic acids is 1. The van der Waals surface area contributed by atoms with Crippen LogP contribution in [0.1, 0.15) is 43.0 Å². The fourth-order valence-corrected chi connectivity index (χ4v) is 6.52. The number of hydrogen-bond acceptors (Lipinski definition) is 7. The molecule has 5 rings (SSSR count). The van der Waals surface area contributed by atoms with Crippen LogP contribution in [0.3, 0.4) is 0 Å². The van der Waals surface area contributed by atoms with Gasteiger partial charge in [-0.15, -0.1) is 0 Å². The average Bonchev–Trinajstić information content (AvgIpc) is 3.43. The highest BCUT2D eigenvalue weighted by atomic mass is 35.5. The summed E-state index contributed by atoms with van der Waals surface area (Å²) in [6.07, 6.45) is 5.43. The topological polar surface area (TPSA) is 102 Å². The van der Waals surface area contributed by atoms with Gasteiger partial charge in [0.15, 0.2) is 5.78 Å². The second-order valence-electron chi connectivity index (χ2n) is 9.55. The van der Waals surface area contributed by atoms with Gasteiger partial charge in [-0.25, -0.2) is 8.42 Å². The minimum absolute atomic E-state index is 0.0451. The van der Waals surface area contributed by atoms with E-state index in [-0.39, 0.29) is 41.2 Å². The molecule has 0 bridgehead atoms. The van der Waals surface area contributed by atoms with E-state index in [9.17, 15) is 18.0 Å². The van der Waals surface area contributed by atoms with Crippen LogP contribution in [-0.4, -0.2) is 60.6 Å². The van der Waals surface area contributed by atoms with Crippen LogP contribution < -0.4 is 15.2 Å². The van der Waals surface area contributed by atoms with Crippen molar-refractivity contribution in [1.82, 2.24) is 14.1 Å². The number of anilines is 1. The van der Waals surface area contributed by atoms with Crippen molar-refractivity contribution in [2.45, 2.75) is 43.6 Å². The predicted octanol–water partition coefficient (Wildman–Crippen LogP) is 3.92. The minimum atomic E-state index is -3.72. The third kappa shape index (κ3) is 5.34. The molecule has 11 heteroatoms. The van der Waals surface area contributed by atoms with Crippen LogP contribution in [0.2, 0.25) is 5.02 Å². The molecule has 2 fully saturated rings. The molecule has 0 amide bonds. The lowest BCUT2D eigenvalue weighted by Crippen LogP contribution is -2.49. The quantitative estimate of drug-likeness (QED) is 0.406. The van der Waals surface area contributed by atoms with Crippen LogP contribution in [0.15, 0.2) is 64.4 Å². The third-order valence-corrected chi connectivity index (χ3v) is 9.18. The van der Waals surface area contributed by atoms with Crippen LogP contribution in [0, 0.1) is 0 Å². The van der Waals surface area contributed by atoms with Crippen LogP contribution in [0.5, 0.6) is 5.75 Å². The van der Waals surface area contributed by atoms with Crippen LogP contribution in [0.25, 0.3) is 5.69 Å². The highest BCUT2D eigenvalue weighted by Crippen LogP contribution is 2.31. The first kappa shape index (κ1) is 26.4. The molecular weight excluding hydrogens is 528 g/mol. The number of nitrogens with zero attached hydrogens (tertiary/aromatic N) is 4. The molecule has 1 saturated heterocycles. The molecule has 0 atom stereocenters. The zero-order valence-corrected chi connectivity index (χ0v) is 22.6. The number of sulfonamides is 1. The second kappa shape index (κ2) is 10.9. The Kier molecular flexibility index (Phi) is 7.56. The largest absolute Gasteiger partial charge is 0.483 e. The van der Waals surface area contributed by atoms with E-state index in [0.717, 1.165) is 25.7 Å². The van der Waals surface area contributed by atoms with Crippen LogP contribution in [0.4, 0.5) is 5.69 Å². The Labute approximate surface area is 226 Å². The zero-order valence-electron chi connectivity index (χ0n) is 21.0. The number of hydrogen-bond donors (Lipinski definition) is 0. The first-order chi connectivity index (χ1) is 18.2. The van der Waals surface area contributed by atoms with Gasteiger partial charge >= 0.3 is 5.56 Å². The van der Waals surface area contributed by atoms with Gasteiger partial charge in [0.25, 0.3) is 0 Å². The second-order valence-corrected chi connectivity index (χ2v) is 11.9. The SMILES string of the molecule is CC(=O)c1ccc(S(=O)(=O)N2CCN(c3cnn(-c4cccc(Cl)c4)c(=O)c3OC3CCCC3)CC2)cc1. The molecule has 2 aromatic carbocycles. The van der Waals surface area contributed by atoms with E-state index in [1.807, 2.05) is 4.90 Å². The van der Waals surface area contributed by atoms with Crippen molar-refractivity contribution in [3.63, 3.8) is 0 Å². The van der Waals surface area contributed by atoms with E-state index < -0.39 is 10.0 Å². The maximum Gasteiger partial charge on any atom is 0.316 e. The van der Waals surface area contributed by atoms with Gasteiger partial charge in [0.2, 0.25) is 15.8 Å². The normalized spacial score (nSPS) is 17.1. The highest BCUT2D eigenvalue weighted by Gasteiger charge is 2.31. The molecular formula is C27H29ClN4O5S. The number of carbonyl (C=O) groups is 1. The lowest BCUT2D eigenvalue weighted by molar-refractivity contribution is 0.101. The molecule has 0 N–H and O–H groups in total. The maximum absolute atomic E-state index is 13.6. The van der Waals surface area contributed by atoms with Gasteiger partial charge < -0.3 is 9.64 Å². The molecule has 1 aliphatic heterocycles. The Morgan fingerprint density at radius 1 is 1.03 bits per heavy atom. The monoisotopic (exact) mass is 556 g/mol. The van der Waals surface area contributed by atoms with E-state index in [4.69, 9.17) is 16.3 Å². The van der Waals surface area contributed by atoms with E-state index in [0.29, 0.717) is 35.1 Å². The van der Waals surface area contributed by atoms with E-state index in [2.05, 4.69) is 5.10 Å². The Morgan fingerprint density at radius 3 is 2.34 bits per heavy atom. The summed E-state index contributed by atoms with van der Waals surface area (Å²) in [7, 11) is -3.72. The van der Waals surface area contributed by atoms with E-state index in [1.54, 1.807) is 30.5 Å². The minimum Gasteiger partial charge on any atom is -0.483 e. The summed E-state index contributed by atoms with van der Waals surface area (Å²) in [5.74, 6) is 0.104. The Hall–Kier alpha value is -3.21. The number of benzene rings is 2. The zero-order chi connectivity index (χ0) is 26.9. The molecule has 2 heterocycles. The molecule has 200 valence electrons. The van der Waals surface area contributed by atoms with Crippen molar-refractivity contribution in [3.8, 4) is 11.4 Å². The third-order valence-electron chi connectivity index (χ3n) is 7.03. The molecule has 1 aromatic heterocycles. The van der Waals surface area contributed by atoms with Gasteiger partial charge in [0, 0.05) is 36.8 Å². The number of Topliss-reactive ketones (excluding diaryl/α,β-unsaturated/α-hetero) is 1. The van der Waals surface area contributed by atoms with E-state index >= 15 is 0 Å². The van der Waals surface area contributed by atoms with Crippen molar-refractivity contribution >= 4 is 33.1 Å². The summed E-state index contributed by atoms with van der Waals surface area (Å²) in [4.78, 5) is 27.2. The molecule has 9 nitrogen and oxygen atoms in total. The number of aromatic nitrogens is 2. The van der Waals surface area contributed by atoms with Crippen molar-refractivity contribution < 1.29 is 17.9 Å². The lowest BCUT2D eigenvalue weighted by atomic mass is 10.2. The summed E-state index contributed by atoms with van der Waals surface area (Å²) in [5, 5.41) is 4.89. The van der Waals surface area contributed by atoms with Gasteiger partial charge in [-0.1, -0.05) is 29.8 Å². The molecule has 1 aliphatic carbocycles. The van der Waals surface area contributed by atoms with Gasteiger partial charge in [0.05, 0.1) is 22.9 Å². The molecule has 0 spiro atoms. The number of ketones is 1. The lowest BCUT2D eigenvalue weighted by Gasteiger charge is -2.36. The van der Waals surface area contributed by atoms with Crippen molar-refractivity contribution in [2.24, 2.45) is 0 Å². The average molecular weight is 557 g/mol. The summed E-state index contributed by atoms with van der Waals surface area (Å²) in [6.45, 7) is 2.64. The van der Waals surface area contributed by atoms with E-state index in [1.165, 1.54) is 40.2 Å². The summed E-state index contributed by atoms with van der Waals surface area (Å²) in [5.41, 5.74) is 1.18. The predicted molar refractivity (Wildman–Crippen MR) is 145 cm³/mol. The molecule has 0 unspecified atom stereocenters. The smallest absolute Gasteiger partial charge is 0.316 e. The van der Waals surface area contributed by atoms with Gasteiger partial charge in [-0.05, 0) is 62.9 Å². The van der Waals surface area contributed by atoms with Crippen molar-refractivity contribution in [3.05, 3.63) is 75.7 Å². The summed E-state index contributed by atoms with van der Waals surface area (Å²) < 4.78 is 35.4. The maximum atomic E-state index is 13.6. The fraction of sp³-hybridized carbons (Fsp3) is 0.370. The molecule has 1 saturated carbocycles. The Morgan fingerprint density at radius 2 is 1.71 bits per heavy atom. The molecule has 38 heavy (non-hydrogen) atoms. The van der Waals surface area contributed by atoms with Crippen LogP contribution >= 0.6 is 11.6 Å². The molecule has 3 aromatic rings. The highest BCUT2D eigenvalue weighted by molar-refractivity contribution is 7.89. The standard InChI is InChI=1S/C27H29ClN4O5S/c1-19(33)20-9-11-24(12-10-20)38(35,36)31-15-13-30(14-16-31)25-18-29-32(22-6-4-5-21(28)17-22)27(34)26(25)37-23-7-2-3-8-23/h4-6,9-12,17-18,23H,2-3,7-8,13-16H2,1H3. The summed E-state index contributed by atoms with van der Waals surface area (Å²) in [6, 6.07) is 12.9. The van der Waals surface area contributed by atoms with Gasteiger partial charge in [0.1, 0.15) is 5.69 Å². The number of piperazine rings is 1. The van der Waals surface area contributed by atoms with Gasteiger partial charge in [-0.2, -0.15) is 14.1 Å². The fourth-order valence-electron chi connectivity index (χ4n) is 4.91. The molecule has 0 radical (unpaired) electrons. The van der Waals surface area contributed by atoms with Gasteiger partial charge in [-0.3, -0.25) is 9.59 Å². The number of ether oxygens (including phenoxy) is 1.